The largest absolute Gasteiger partial charge is 0.298 e. The summed E-state index contributed by atoms with van der Waals surface area (Å²) < 4.78 is 29.8. The predicted octanol–water partition coefficient (Wildman–Crippen LogP) is 4.03. The molecule has 0 radical (unpaired) electrons. The molecule has 31 heavy (non-hydrogen) atoms. The summed E-state index contributed by atoms with van der Waals surface area (Å²) in [6.45, 7) is 5.26. The van der Waals surface area contributed by atoms with E-state index in [-0.39, 0.29) is 5.41 Å². The zero-order valence-electron chi connectivity index (χ0n) is 17.6. The van der Waals surface area contributed by atoms with Crippen molar-refractivity contribution in [3.63, 3.8) is 0 Å². The predicted molar refractivity (Wildman–Crippen MR) is 115 cm³/mol. The van der Waals surface area contributed by atoms with E-state index >= 15 is 0 Å². The van der Waals surface area contributed by atoms with Crippen molar-refractivity contribution < 1.29 is 8.78 Å². The Morgan fingerprint density at radius 2 is 1.68 bits per heavy atom. The van der Waals surface area contributed by atoms with Crippen LogP contribution in [0.15, 0.2) is 55.0 Å². The molecule has 7 heteroatoms. The second-order valence-corrected chi connectivity index (χ2v) is 8.91. The van der Waals surface area contributed by atoms with Gasteiger partial charge in [-0.1, -0.05) is 12.1 Å². The molecule has 5 nitrogen and oxygen atoms in total. The van der Waals surface area contributed by atoms with Gasteiger partial charge in [0.2, 0.25) is 5.95 Å². The molecule has 0 bridgehead atoms. The lowest BCUT2D eigenvalue weighted by atomic mass is 9.79. The molecular weight excluding hydrogens is 396 g/mol. The van der Waals surface area contributed by atoms with Gasteiger partial charge in [0.25, 0.3) is 0 Å². The first kappa shape index (κ1) is 20.3. The quantitative estimate of drug-likeness (QED) is 0.621. The first-order valence-corrected chi connectivity index (χ1v) is 10.9. The van der Waals surface area contributed by atoms with E-state index in [0.29, 0.717) is 18.1 Å². The third kappa shape index (κ3) is 4.25. The number of benzene rings is 1. The van der Waals surface area contributed by atoms with Crippen molar-refractivity contribution in [2.75, 3.05) is 26.2 Å². The number of halogens is 2. The van der Waals surface area contributed by atoms with E-state index in [4.69, 9.17) is 0 Å². The van der Waals surface area contributed by atoms with E-state index in [1.54, 1.807) is 24.5 Å². The number of aromatic nitrogens is 3. The SMILES string of the molecule is Fc1cccc(CN2CCCC3(CCN(Cc4cccn4-c4ncccn4)C3)C2)c1F. The molecular formula is C24H27F2N5. The Balaban J connectivity index is 1.25. The summed E-state index contributed by atoms with van der Waals surface area (Å²) in [5.41, 5.74) is 1.85. The van der Waals surface area contributed by atoms with Crippen LogP contribution < -0.4 is 0 Å². The van der Waals surface area contributed by atoms with Gasteiger partial charge in [-0.05, 0) is 62.0 Å². The van der Waals surface area contributed by atoms with Crippen molar-refractivity contribution in [2.24, 2.45) is 5.41 Å². The highest BCUT2D eigenvalue weighted by Crippen LogP contribution is 2.40. The summed E-state index contributed by atoms with van der Waals surface area (Å²) in [6, 6.07) is 10.5. The number of hydrogen-bond acceptors (Lipinski definition) is 4. The Morgan fingerprint density at radius 3 is 2.52 bits per heavy atom. The van der Waals surface area contributed by atoms with Crippen LogP contribution in [0.1, 0.15) is 30.5 Å². The molecule has 2 aliphatic rings. The fraction of sp³-hybridized carbons (Fsp3) is 0.417. The van der Waals surface area contributed by atoms with Gasteiger partial charge in [0.1, 0.15) is 0 Å². The van der Waals surface area contributed by atoms with Crippen LogP contribution in [0.5, 0.6) is 0 Å². The zero-order chi connectivity index (χ0) is 21.3. The van der Waals surface area contributed by atoms with Gasteiger partial charge in [-0.25, -0.2) is 18.7 Å². The van der Waals surface area contributed by atoms with Crippen LogP contribution >= 0.6 is 0 Å². The number of nitrogens with zero attached hydrogens (tertiary/aromatic N) is 5. The van der Waals surface area contributed by atoms with Crippen molar-refractivity contribution in [2.45, 2.75) is 32.4 Å². The van der Waals surface area contributed by atoms with E-state index in [1.807, 2.05) is 22.9 Å². The Bertz CT molecular complexity index is 1040. The highest BCUT2D eigenvalue weighted by Gasteiger charge is 2.41. The van der Waals surface area contributed by atoms with Gasteiger partial charge in [-0.2, -0.15) is 0 Å². The zero-order valence-corrected chi connectivity index (χ0v) is 17.6. The minimum Gasteiger partial charge on any atom is -0.298 e. The van der Waals surface area contributed by atoms with Crippen LogP contribution in [0.25, 0.3) is 5.95 Å². The standard InChI is InChI=1S/C24H27F2N5/c25-21-7-1-5-19(22(21)26)15-29-12-3-8-24(17-29)9-14-30(18-24)16-20-6-2-13-31(20)23-27-10-4-11-28-23/h1-2,4-7,10-11,13H,3,8-9,12,14-18H2. The minimum absolute atomic E-state index is 0.225. The first-order chi connectivity index (χ1) is 15.1. The molecule has 0 amide bonds. The molecule has 3 aromatic rings. The second kappa shape index (κ2) is 8.48. The summed E-state index contributed by atoms with van der Waals surface area (Å²) >= 11 is 0. The summed E-state index contributed by atoms with van der Waals surface area (Å²) in [5, 5.41) is 0. The lowest BCUT2D eigenvalue weighted by Gasteiger charge is -2.40. The van der Waals surface area contributed by atoms with Gasteiger partial charge >= 0.3 is 0 Å². The van der Waals surface area contributed by atoms with Gasteiger partial charge in [0.05, 0.1) is 0 Å². The number of piperidine rings is 1. The van der Waals surface area contributed by atoms with Crippen molar-refractivity contribution >= 4 is 0 Å². The number of hydrogen-bond donors (Lipinski definition) is 0. The van der Waals surface area contributed by atoms with Crippen LogP contribution in [0.2, 0.25) is 0 Å². The summed E-state index contributed by atoms with van der Waals surface area (Å²) in [6.07, 6.45) is 8.95. The van der Waals surface area contributed by atoms with Gasteiger partial charge < -0.3 is 0 Å². The van der Waals surface area contributed by atoms with Crippen LogP contribution in [0.3, 0.4) is 0 Å². The molecule has 2 fully saturated rings. The lowest BCUT2D eigenvalue weighted by molar-refractivity contribution is 0.0854. The maximum absolute atomic E-state index is 14.2. The lowest BCUT2D eigenvalue weighted by Crippen LogP contribution is -2.44. The normalized spacial score (nSPS) is 22.4. The maximum atomic E-state index is 14.2. The smallest absolute Gasteiger partial charge is 0.233 e. The molecule has 1 spiro atoms. The Labute approximate surface area is 181 Å². The van der Waals surface area contributed by atoms with Gasteiger partial charge in [0.15, 0.2) is 11.6 Å². The van der Waals surface area contributed by atoms with Crippen LogP contribution in [0, 0.1) is 17.0 Å². The number of likely N-dealkylation sites (tertiary alicyclic amines) is 2. The molecule has 162 valence electrons. The highest BCUT2D eigenvalue weighted by molar-refractivity contribution is 5.21. The van der Waals surface area contributed by atoms with Crippen molar-refractivity contribution in [1.29, 1.82) is 0 Å². The van der Waals surface area contributed by atoms with Crippen LogP contribution in [-0.2, 0) is 13.1 Å². The topological polar surface area (TPSA) is 37.2 Å². The monoisotopic (exact) mass is 423 g/mol. The van der Waals surface area contributed by atoms with Crippen molar-refractivity contribution in [1.82, 2.24) is 24.3 Å². The molecule has 0 aliphatic carbocycles. The van der Waals surface area contributed by atoms with E-state index < -0.39 is 11.6 Å². The second-order valence-electron chi connectivity index (χ2n) is 8.91. The highest BCUT2D eigenvalue weighted by atomic mass is 19.2. The summed E-state index contributed by atoms with van der Waals surface area (Å²) in [4.78, 5) is 13.5. The summed E-state index contributed by atoms with van der Waals surface area (Å²) in [5.74, 6) is -0.780. The molecule has 0 N–H and O–H groups in total. The molecule has 2 aromatic heterocycles. The molecule has 4 heterocycles. The van der Waals surface area contributed by atoms with Gasteiger partial charge in [-0.15, -0.1) is 0 Å². The Kier molecular flexibility index (Phi) is 5.54. The average molecular weight is 424 g/mol. The van der Waals surface area contributed by atoms with E-state index in [9.17, 15) is 8.78 Å². The van der Waals surface area contributed by atoms with Crippen LogP contribution in [-0.4, -0.2) is 50.5 Å². The van der Waals surface area contributed by atoms with Crippen molar-refractivity contribution in [3.05, 3.63) is 77.9 Å². The summed E-state index contributed by atoms with van der Waals surface area (Å²) in [7, 11) is 0. The molecule has 0 saturated carbocycles. The van der Waals surface area contributed by atoms with Crippen molar-refractivity contribution in [3.8, 4) is 5.95 Å². The van der Waals surface area contributed by atoms with Gasteiger partial charge in [-0.3, -0.25) is 14.4 Å². The Hall–Kier alpha value is -2.64. The van der Waals surface area contributed by atoms with E-state index in [2.05, 4.69) is 25.8 Å². The fourth-order valence-corrected chi connectivity index (χ4v) is 5.24. The fourth-order valence-electron chi connectivity index (χ4n) is 5.24. The third-order valence-corrected chi connectivity index (χ3v) is 6.67. The molecule has 2 aliphatic heterocycles. The third-order valence-electron chi connectivity index (χ3n) is 6.67. The molecule has 5 rings (SSSR count). The maximum Gasteiger partial charge on any atom is 0.233 e. The molecule has 1 atom stereocenters. The van der Waals surface area contributed by atoms with E-state index in [0.717, 1.165) is 45.6 Å². The molecule has 1 unspecified atom stereocenters. The van der Waals surface area contributed by atoms with E-state index in [1.165, 1.54) is 18.2 Å². The molecule has 1 aromatic carbocycles. The molecule has 2 saturated heterocycles. The Morgan fingerprint density at radius 1 is 0.871 bits per heavy atom. The first-order valence-electron chi connectivity index (χ1n) is 10.9. The minimum atomic E-state index is -0.762. The number of rotatable bonds is 5. The average Bonchev–Trinajstić information content (AvgIpc) is 3.40. The van der Waals surface area contributed by atoms with Crippen LogP contribution in [0.4, 0.5) is 8.78 Å². The van der Waals surface area contributed by atoms with Gasteiger partial charge in [0, 0.05) is 56.0 Å².